The molecular formula is C16H15ClN2O4S. The topological polar surface area (TPSA) is 76.6 Å². The number of halogens is 1. The number of carbonyl (C=O) groups excluding carboxylic acids is 1. The van der Waals surface area contributed by atoms with Crippen molar-refractivity contribution in [3.8, 4) is 5.88 Å². The first-order valence-electron chi connectivity index (χ1n) is 7.26. The third-order valence-corrected chi connectivity index (χ3v) is 5.85. The van der Waals surface area contributed by atoms with E-state index in [2.05, 4.69) is 4.98 Å². The molecule has 0 amide bonds. The molecule has 3 rings (SSSR count). The quantitative estimate of drug-likeness (QED) is 0.759. The number of aromatic nitrogens is 1. The van der Waals surface area contributed by atoms with Crippen LogP contribution in [0.4, 0.5) is 0 Å². The maximum atomic E-state index is 12.5. The minimum Gasteiger partial charge on any atom is -0.470 e. The molecule has 0 radical (unpaired) electrons. The number of rotatable bonds is 5. The fourth-order valence-electron chi connectivity index (χ4n) is 2.30. The molecule has 1 aromatic heterocycles. The van der Waals surface area contributed by atoms with E-state index in [1.165, 1.54) is 35.5 Å². The van der Waals surface area contributed by atoms with Crippen LogP contribution in [0.1, 0.15) is 17.3 Å². The lowest BCUT2D eigenvalue weighted by molar-refractivity contribution is 0.0722. The first-order chi connectivity index (χ1) is 11.4. The highest BCUT2D eigenvalue weighted by atomic mass is 35.5. The van der Waals surface area contributed by atoms with Gasteiger partial charge in [-0.1, -0.05) is 23.7 Å². The summed E-state index contributed by atoms with van der Waals surface area (Å²) in [5, 5.41) is 0.388. The Bertz CT molecular complexity index is 862. The van der Waals surface area contributed by atoms with Gasteiger partial charge in [0, 0.05) is 11.8 Å². The van der Waals surface area contributed by atoms with E-state index in [-0.39, 0.29) is 29.9 Å². The Kier molecular flexibility index (Phi) is 4.58. The molecule has 0 N–H and O–H groups in total. The second-order valence-electron chi connectivity index (χ2n) is 5.43. The van der Waals surface area contributed by atoms with Gasteiger partial charge in [0.2, 0.25) is 15.9 Å². The van der Waals surface area contributed by atoms with Gasteiger partial charge >= 0.3 is 0 Å². The molecule has 0 aliphatic carbocycles. The summed E-state index contributed by atoms with van der Waals surface area (Å²) in [6, 6.07) is 9.25. The van der Waals surface area contributed by atoms with Gasteiger partial charge in [-0.15, -0.1) is 0 Å². The van der Waals surface area contributed by atoms with Gasteiger partial charge in [0.25, 0.3) is 0 Å². The average molecular weight is 367 g/mol. The van der Waals surface area contributed by atoms with E-state index in [0.29, 0.717) is 16.5 Å². The molecule has 0 saturated carbocycles. The van der Waals surface area contributed by atoms with Crippen LogP contribution in [-0.4, -0.2) is 42.7 Å². The third kappa shape index (κ3) is 3.28. The summed E-state index contributed by atoms with van der Waals surface area (Å²) >= 11 is 5.97. The highest BCUT2D eigenvalue weighted by molar-refractivity contribution is 7.89. The number of pyridine rings is 1. The number of nitrogens with zero attached hydrogens (tertiary/aromatic N) is 2. The van der Waals surface area contributed by atoms with Crippen molar-refractivity contribution in [2.24, 2.45) is 0 Å². The molecule has 2 heterocycles. The van der Waals surface area contributed by atoms with Gasteiger partial charge in [0.1, 0.15) is 11.1 Å². The Hall–Kier alpha value is -1.96. The number of Topliss-reactive ketones (excluding diaryl/α,β-unsaturated/α-hetero) is 1. The SMILES string of the molecule is CC(=O)c1ccc(S(=O)(=O)N2CC(Oc3ncccc3Cl)C2)cc1. The van der Waals surface area contributed by atoms with Crippen molar-refractivity contribution in [1.29, 1.82) is 0 Å². The fraction of sp³-hybridized carbons (Fsp3) is 0.250. The lowest BCUT2D eigenvalue weighted by Crippen LogP contribution is -2.56. The van der Waals surface area contributed by atoms with Gasteiger partial charge < -0.3 is 4.74 Å². The van der Waals surface area contributed by atoms with Crippen LogP contribution in [0.25, 0.3) is 0 Å². The molecule has 1 aliphatic heterocycles. The normalized spacial score (nSPS) is 15.8. The Labute approximate surface area is 145 Å². The van der Waals surface area contributed by atoms with Crippen LogP contribution in [-0.2, 0) is 10.0 Å². The Morgan fingerprint density at radius 2 is 1.92 bits per heavy atom. The lowest BCUT2D eigenvalue weighted by atomic mass is 10.2. The summed E-state index contributed by atoms with van der Waals surface area (Å²) in [6.07, 6.45) is 1.27. The standard InChI is InChI=1S/C16H15ClN2O4S/c1-11(20)12-4-6-14(7-5-12)24(21,22)19-9-13(10-19)23-16-15(17)3-2-8-18-16/h2-8,13H,9-10H2,1H3. The van der Waals surface area contributed by atoms with E-state index in [0.717, 1.165) is 0 Å². The molecule has 1 aliphatic rings. The number of ketones is 1. The Balaban J connectivity index is 1.66. The second-order valence-corrected chi connectivity index (χ2v) is 7.78. The second kappa shape index (κ2) is 6.51. The van der Waals surface area contributed by atoms with Crippen LogP contribution in [0.2, 0.25) is 5.02 Å². The predicted octanol–water partition coefficient (Wildman–Crippen LogP) is 2.39. The van der Waals surface area contributed by atoms with Gasteiger partial charge in [-0.05, 0) is 31.2 Å². The molecule has 2 aromatic rings. The summed E-state index contributed by atoms with van der Waals surface area (Å²) in [6.45, 7) is 1.89. The van der Waals surface area contributed by atoms with Gasteiger partial charge in [-0.25, -0.2) is 13.4 Å². The van der Waals surface area contributed by atoms with Crippen molar-refractivity contribution in [2.45, 2.75) is 17.9 Å². The highest BCUT2D eigenvalue weighted by Gasteiger charge is 2.38. The van der Waals surface area contributed by atoms with Gasteiger partial charge in [0.05, 0.1) is 18.0 Å². The monoisotopic (exact) mass is 366 g/mol. The number of sulfonamides is 1. The van der Waals surface area contributed by atoms with Crippen LogP contribution in [0.15, 0.2) is 47.5 Å². The molecule has 0 bridgehead atoms. The zero-order valence-corrected chi connectivity index (χ0v) is 14.4. The smallest absolute Gasteiger partial charge is 0.243 e. The van der Waals surface area contributed by atoms with Crippen LogP contribution >= 0.6 is 11.6 Å². The maximum Gasteiger partial charge on any atom is 0.243 e. The molecular weight excluding hydrogens is 352 g/mol. The molecule has 1 aromatic carbocycles. The molecule has 126 valence electrons. The summed E-state index contributed by atoms with van der Waals surface area (Å²) in [5.74, 6) is 0.190. The van der Waals surface area contributed by atoms with Gasteiger partial charge in [0.15, 0.2) is 5.78 Å². The van der Waals surface area contributed by atoms with E-state index in [1.807, 2.05) is 0 Å². The van der Waals surface area contributed by atoms with Crippen molar-refractivity contribution in [3.63, 3.8) is 0 Å². The fourth-order valence-corrected chi connectivity index (χ4v) is 3.97. The number of carbonyl (C=O) groups is 1. The van der Waals surface area contributed by atoms with E-state index in [9.17, 15) is 13.2 Å². The van der Waals surface area contributed by atoms with E-state index >= 15 is 0 Å². The molecule has 0 unspecified atom stereocenters. The van der Waals surface area contributed by atoms with Crippen molar-refractivity contribution < 1.29 is 17.9 Å². The van der Waals surface area contributed by atoms with Crippen molar-refractivity contribution in [1.82, 2.24) is 9.29 Å². The average Bonchev–Trinajstić information content (AvgIpc) is 2.52. The number of hydrogen-bond acceptors (Lipinski definition) is 5. The first-order valence-corrected chi connectivity index (χ1v) is 9.08. The van der Waals surface area contributed by atoms with Crippen molar-refractivity contribution in [2.75, 3.05) is 13.1 Å². The molecule has 6 nitrogen and oxygen atoms in total. The van der Waals surface area contributed by atoms with Crippen molar-refractivity contribution in [3.05, 3.63) is 53.2 Å². The van der Waals surface area contributed by atoms with E-state index in [4.69, 9.17) is 16.3 Å². The van der Waals surface area contributed by atoms with Crippen LogP contribution in [0.3, 0.4) is 0 Å². The number of benzene rings is 1. The Morgan fingerprint density at radius 1 is 1.25 bits per heavy atom. The molecule has 8 heteroatoms. The molecule has 24 heavy (non-hydrogen) atoms. The summed E-state index contributed by atoms with van der Waals surface area (Å²) < 4.78 is 31.9. The first kappa shape index (κ1) is 16.9. The van der Waals surface area contributed by atoms with Crippen LogP contribution < -0.4 is 4.74 Å². The van der Waals surface area contributed by atoms with Gasteiger partial charge in [-0.2, -0.15) is 4.31 Å². The lowest BCUT2D eigenvalue weighted by Gasteiger charge is -2.37. The highest BCUT2D eigenvalue weighted by Crippen LogP contribution is 2.27. The number of hydrogen-bond donors (Lipinski definition) is 0. The number of ether oxygens (including phenoxy) is 1. The maximum absolute atomic E-state index is 12.5. The minimum absolute atomic E-state index is 0.108. The van der Waals surface area contributed by atoms with Crippen molar-refractivity contribution >= 4 is 27.4 Å². The zero-order chi connectivity index (χ0) is 17.3. The molecule has 0 spiro atoms. The van der Waals surface area contributed by atoms with Crippen LogP contribution in [0.5, 0.6) is 5.88 Å². The minimum atomic E-state index is -3.59. The largest absolute Gasteiger partial charge is 0.470 e. The Morgan fingerprint density at radius 3 is 2.50 bits per heavy atom. The summed E-state index contributed by atoms with van der Waals surface area (Å²) in [5.41, 5.74) is 0.476. The molecule has 1 saturated heterocycles. The molecule has 0 atom stereocenters. The van der Waals surface area contributed by atoms with Gasteiger partial charge in [-0.3, -0.25) is 4.79 Å². The third-order valence-electron chi connectivity index (χ3n) is 3.72. The van der Waals surface area contributed by atoms with E-state index in [1.54, 1.807) is 18.3 Å². The van der Waals surface area contributed by atoms with E-state index < -0.39 is 10.0 Å². The molecule has 1 fully saturated rings. The summed E-state index contributed by atoms with van der Waals surface area (Å²) in [4.78, 5) is 15.4. The van der Waals surface area contributed by atoms with Crippen LogP contribution in [0, 0.1) is 0 Å². The summed E-state index contributed by atoms with van der Waals surface area (Å²) in [7, 11) is -3.59. The predicted molar refractivity (Wildman–Crippen MR) is 88.9 cm³/mol. The zero-order valence-electron chi connectivity index (χ0n) is 12.8.